The molecule has 0 amide bonds. The lowest BCUT2D eigenvalue weighted by Crippen LogP contribution is -2.50. The molecular weight excluding hydrogens is 326 g/mol. The Morgan fingerprint density at radius 2 is 1.38 bits per heavy atom. The average molecular weight is 368 g/mol. The van der Waals surface area contributed by atoms with Gasteiger partial charge in [0.1, 0.15) is 11.9 Å². The fraction of sp³-hybridized carbons (Fsp3) is 0.909. The van der Waals surface area contributed by atoms with Crippen molar-refractivity contribution in [2.75, 3.05) is 0 Å². The summed E-state index contributed by atoms with van der Waals surface area (Å²) in [5, 5.41) is 3.62. The van der Waals surface area contributed by atoms with E-state index in [1.165, 1.54) is 71.1 Å². The Morgan fingerprint density at radius 1 is 0.846 bits per heavy atom. The van der Waals surface area contributed by atoms with Crippen LogP contribution in [-0.2, 0) is 14.3 Å². The van der Waals surface area contributed by atoms with Gasteiger partial charge in [0.05, 0.1) is 0 Å². The fourth-order valence-electron chi connectivity index (χ4n) is 3.96. The van der Waals surface area contributed by atoms with Crippen molar-refractivity contribution in [1.82, 2.24) is 5.32 Å². The molecule has 0 bridgehead atoms. The van der Waals surface area contributed by atoms with Crippen molar-refractivity contribution in [1.29, 1.82) is 0 Å². The van der Waals surface area contributed by atoms with E-state index in [0.29, 0.717) is 11.8 Å². The standard InChI is InChI=1S/C22H41NO3/c1-18(24)14-12-10-8-6-4-5-7-9-11-13-15-21-16-17-22(19(2)23-21)26-20(3)25/h19,21-23H,4-17H2,1-3H3. The van der Waals surface area contributed by atoms with Crippen LogP contribution < -0.4 is 5.32 Å². The molecule has 0 radical (unpaired) electrons. The van der Waals surface area contributed by atoms with Crippen LogP contribution in [0.2, 0.25) is 0 Å². The Labute approximate surface area is 160 Å². The fourth-order valence-corrected chi connectivity index (χ4v) is 3.96. The number of piperidine rings is 1. The molecule has 1 aliphatic rings. The summed E-state index contributed by atoms with van der Waals surface area (Å²) in [6.45, 7) is 5.30. The minimum absolute atomic E-state index is 0.0474. The SMILES string of the molecule is CC(=O)CCCCCCCCCCCCC1CCC(OC(C)=O)C(C)N1. The molecule has 1 N–H and O–H groups in total. The van der Waals surface area contributed by atoms with Crippen LogP contribution in [0, 0.1) is 0 Å². The van der Waals surface area contributed by atoms with E-state index < -0.39 is 0 Å². The number of carbonyl (C=O) groups is 2. The zero-order chi connectivity index (χ0) is 19.2. The van der Waals surface area contributed by atoms with Gasteiger partial charge in [-0.15, -0.1) is 0 Å². The van der Waals surface area contributed by atoms with Crippen molar-refractivity contribution in [3.8, 4) is 0 Å². The molecule has 3 atom stereocenters. The number of unbranched alkanes of at least 4 members (excludes halogenated alkanes) is 9. The molecule has 1 fully saturated rings. The third kappa shape index (κ3) is 11.7. The second kappa shape index (κ2) is 14.2. The number of hydrogen-bond donors (Lipinski definition) is 1. The average Bonchev–Trinajstić information content (AvgIpc) is 2.57. The Morgan fingerprint density at radius 3 is 1.88 bits per heavy atom. The van der Waals surface area contributed by atoms with E-state index in [2.05, 4.69) is 12.2 Å². The van der Waals surface area contributed by atoms with Gasteiger partial charge in [0.25, 0.3) is 0 Å². The van der Waals surface area contributed by atoms with Gasteiger partial charge in [-0.1, -0.05) is 57.8 Å². The first-order valence-electron chi connectivity index (χ1n) is 10.9. The minimum Gasteiger partial charge on any atom is -0.461 e. The lowest BCUT2D eigenvalue weighted by Gasteiger charge is -2.35. The summed E-state index contributed by atoms with van der Waals surface area (Å²) in [6.07, 6.45) is 17.1. The first kappa shape index (κ1) is 23.1. The maximum atomic E-state index is 11.1. The number of nitrogens with one attached hydrogen (secondary N) is 1. The van der Waals surface area contributed by atoms with Crippen LogP contribution in [0.1, 0.15) is 111 Å². The largest absolute Gasteiger partial charge is 0.461 e. The maximum absolute atomic E-state index is 11.1. The summed E-state index contributed by atoms with van der Waals surface area (Å²) in [5.41, 5.74) is 0. The van der Waals surface area contributed by atoms with E-state index in [4.69, 9.17) is 4.74 Å². The number of Topliss-reactive ketones (excluding diaryl/α,β-unsaturated/α-hetero) is 1. The van der Waals surface area contributed by atoms with E-state index in [9.17, 15) is 9.59 Å². The highest BCUT2D eigenvalue weighted by Crippen LogP contribution is 2.21. The molecule has 1 saturated heterocycles. The van der Waals surface area contributed by atoms with Gasteiger partial charge in [0.15, 0.2) is 0 Å². The van der Waals surface area contributed by atoms with E-state index in [1.807, 2.05) is 0 Å². The Kier molecular flexibility index (Phi) is 12.6. The predicted molar refractivity (Wildman–Crippen MR) is 107 cm³/mol. The molecule has 1 heterocycles. The minimum atomic E-state index is -0.168. The summed E-state index contributed by atoms with van der Waals surface area (Å²) in [6, 6.07) is 0.861. The van der Waals surface area contributed by atoms with Gasteiger partial charge < -0.3 is 14.8 Å². The molecule has 0 saturated carbocycles. The first-order valence-corrected chi connectivity index (χ1v) is 10.9. The van der Waals surface area contributed by atoms with Crippen molar-refractivity contribution < 1.29 is 14.3 Å². The summed E-state index contributed by atoms with van der Waals surface area (Å²) >= 11 is 0. The molecule has 3 unspecified atom stereocenters. The predicted octanol–water partition coefficient (Wildman–Crippen LogP) is 5.33. The normalized spacial score (nSPS) is 23.0. The molecule has 0 aliphatic carbocycles. The van der Waals surface area contributed by atoms with Crippen molar-refractivity contribution in [3.05, 3.63) is 0 Å². The third-order valence-electron chi connectivity index (χ3n) is 5.50. The van der Waals surface area contributed by atoms with Crippen LogP contribution in [-0.4, -0.2) is 29.9 Å². The second-order valence-electron chi connectivity index (χ2n) is 8.15. The van der Waals surface area contributed by atoms with Gasteiger partial charge in [-0.05, 0) is 39.5 Å². The monoisotopic (exact) mass is 367 g/mol. The van der Waals surface area contributed by atoms with Crippen LogP contribution >= 0.6 is 0 Å². The highest BCUT2D eigenvalue weighted by atomic mass is 16.5. The molecular formula is C22H41NO3. The lowest BCUT2D eigenvalue weighted by atomic mass is 9.93. The van der Waals surface area contributed by atoms with Crippen molar-refractivity contribution >= 4 is 11.8 Å². The van der Waals surface area contributed by atoms with E-state index in [1.54, 1.807) is 6.92 Å². The number of carbonyl (C=O) groups excluding carboxylic acids is 2. The quantitative estimate of drug-likeness (QED) is 0.333. The molecule has 1 aliphatic heterocycles. The van der Waals surface area contributed by atoms with Crippen molar-refractivity contribution in [2.45, 2.75) is 129 Å². The molecule has 152 valence electrons. The highest BCUT2D eigenvalue weighted by Gasteiger charge is 2.28. The van der Waals surface area contributed by atoms with E-state index in [-0.39, 0.29) is 18.1 Å². The van der Waals surface area contributed by atoms with Gasteiger partial charge >= 0.3 is 5.97 Å². The van der Waals surface area contributed by atoms with Gasteiger partial charge in [0.2, 0.25) is 0 Å². The Hall–Kier alpha value is -0.900. The van der Waals surface area contributed by atoms with Gasteiger partial charge in [-0.25, -0.2) is 0 Å². The molecule has 0 aromatic rings. The van der Waals surface area contributed by atoms with Gasteiger partial charge in [0, 0.05) is 25.4 Å². The van der Waals surface area contributed by atoms with E-state index in [0.717, 1.165) is 25.7 Å². The number of ketones is 1. The van der Waals surface area contributed by atoms with Gasteiger partial charge in [-0.2, -0.15) is 0 Å². The number of hydrogen-bond acceptors (Lipinski definition) is 4. The van der Waals surface area contributed by atoms with Crippen LogP contribution in [0.15, 0.2) is 0 Å². The smallest absolute Gasteiger partial charge is 0.302 e. The number of esters is 1. The summed E-state index contributed by atoms with van der Waals surface area (Å²) in [7, 11) is 0. The van der Waals surface area contributed by atoms with Gasteiger partial charge in [-0.3, -0.25) is 4.79 Å². The van der Waals surface area contributed by atoms with E-state index >= 15 is 0 Å². The molecule has 1 rings (SSSR count). The molecule has 4 heteroatoms. The van der Waals surface area contributed by atoms with Crippen LogP contribution in [0.5, 0.6) is 0 Å². The molecule has 4 nitrogen and oxygen atoms in total. The topological polar surface area (TPSA) is 55.4 Å². The van der Waals surface area contributed by atoms with Crippen molar-refractivity contribution in [3.63, 3.8) is 0 Å². The Bertz CT molecular complexity index is 397. The summed E-state index contributed by atoms with van der Waals surface area (Å²) in [4.78, 5) is 21.9. The number of ether oxygens (including phenoxy) is 1. The molecule has 26 heavy (non-hydrogen) atoms. The van der Waals surface area contributed by atoms with Crippen molar-refractivity contribution in [2.24, 2.45) is 0 Å². The lowest BCUT2D eigenvalue weighted by molar-refractivity contribution is -0.149. The van der Waals surface area contributed by atoms with Crippen LogP contribution in [0.25, 0.3) is 0 Å². The second-order valence-corrected chi connectivity index (χ2v) is 8.15. The van der Waals surface area contributed by atoms with Crippen LogP contribution in [0.4, 0.5) is 0 Å². The van der Waals surface area contributed by atoms with Crippen LogP contribution in [0.3, 0.4) is 0 Å². The zero-order valence-corrected chi connectivity index (χ0v) is 17.4. The summed E-state index contributed by atoms with van der Waals surface area (Å²) < 4.78 is 5.36. The number of rotatable bonds is 14. The Balaban J connectivity index is 1.88. The molecule has 0 aromatic carbocycles. The highest BCUT2D eigenvalue weighted by molar-refractivity contribution is 5.75. The zero-order valence-electron chi connectivity index (χ0n) is 17.4. The maximum Gasteiger partial charge on any atom is 0.302 e. The first-order chi connectivity index (χ1) is 12.5. The molecule has 0 aromatic heterocycles. The third-order valence-corrected chi connectivity index (χ3v) is 5.50. The summed E-state index contributed by atoms with van der Waals surface area (Å²) in [5.74, 6) is 0.158. The molecule has 0 spiro atoms.